The molecular weight excluding hydrogens is 402 g/mol. The zero-order valence-electron chi connectivity index (χ0n) is 18.6. The van der Waals surface area contributed by atoms with Gasteiger partial charge < -0.3 is 29.5 Å². The Balaban J connectivity index is 1.44. The lowest BCUT2D eigenvalue weighted by Crippen LogP contribution is -2.60. The average molecular weight is 434 g/mol. The third-order valence-corrected chi connectivity index (χ3v) is 5.04. The van der Waals surface area contributed by atoms with Crippen molar-refractivity contribution in [2.24, 2.45) is 0 Å². The van der Waals surface area contributed by atoms with Crippen LogP contribution in [0.5, 0.6) is 5.75 Å². The Labute approximate surface area is 182 Å². The molecule has 0 atom stereocenters. The Morgan fingerprint density at radius 1 is 1.03 bits per heavy atom. The molecule has 0 bridgehead atoms. The number of ether oxygens (including phenoxy) is 2. The van der Waals surface area contributed by atoms with Crippen molar-refractivity contribution in [2.45, 2.75) is 38.9 Å². The van der Waals surface area contributed by atoms with Gasteiger partial charge in [0.2, 0.25) is 0 Å². The Morgan fingerprint density at radius 2 is 1.71 bits per heavy atom. The van der Waals surface area contributed by atoms with Gasteiger partial charge in [0.05, 0.1) is 19.3 Å². The number of likely N-dealkylation sites (tertiary alicyclic amines) is 1. The van der Waals surface area contributed by atoms with E-state index in [0.717, 1.165) is 0 Å². The van der Waals surface area contributed by atoms with Crippen molar-refractivity contribution in [3.63, 3.8) is 0 Å². The first-order valence-electron chi connectivity index (χ1n) is 10.5. The molecule has 4 amide bonds. The van der Waals surface area contributed by atoms with Gasteiger partial charge in [-0.2, -0.15) is 0 Å². The van der Waals surface area contributed by atoms with E-state index in [9.17, 15) is 14.4 Å². The molecule has 0 unspecified atom stereocenters. The molecule has 3 rings (SSSR count). The second kappa shape index (κ2) is 9.40. The van der Waals surface area contributed by atoms with Gasteiger partial charge in [0.25, 0.3) is 5.91 Å². The highest BCUT2D eigenvalue weighted by molar-refractivity contribution is 5.92. The smallest absolute Gasteiger partial charge is 0.410 e. The molecule has 10 heteroatoms. The molecule has 3 heterocycles. The minimum absolute atomic E-state index is 0.0426. The largest absolute Gasteiger partial charge is 0.485 e. The SMILES string of the molecule is CNC(=O)c1ccc(OC2CN(C(=O)N3CCCN(C(=O)OC(C)(C)C)CC3)C2)cn1. The first kappa shape index (κ1) is 22.6. The van der Waals surface area contributed by atoms with Crippen LogP contribution in [0.15, 0.2) is 18.3 Å². The summed E-state index contributed by atoms with van der Waals surface area (Å²) in [4.78, 5) is 45.9. The number of hydrogen-bond donors (Lipinski definition) is 1. The molecule has 0 spiro atoms. The fourth-order valence-electron chi connectivity index (χ4n) is 3.39. The van der Waals surface area contributed by atoms with Gasteiger partial charge in [-0.15, -0.1) is 0 Å². The summed E-state index contributed by atoms with van der Waals surface area (Å²) >= 11 is 0. The zero-order chi connectivity index (χ0) is 22.6. The third-order valence-electron chi connectivity index (χ3n) is 5.04. The van der Waals surface area contributed by atoms with Crippen molar-refractivity contribution in [3.8, 4) is 5.75 Å². The molecule has 2 aliphatic heterocycles. The fraction of sp³-hybridized carbons (Fsp3) is 0.619. The zero-order valence-corrected chi connectivity index (χ0v) is 18.6. The number of pyridine rings is 1. The van der Waals surface area contributed by atoms with Crippen LogP contribution in [0.3, 0.4) is 0 Å². The van der Waals surface area contributed by atoms with Gasteiger partial charge in [0.1, 0.15) is 23.1 Å². The van der Waals surface area contributed by atoms with E-state index in [2.05, 4.69) is 10.3 Å². The summed E-state index contributed by atoms with van der Waals surface area (Å²) in [7, 11) is 1.55. The number of nitrogens with one attached hydrogen (secondary N) is 1. The van der Waals surface area contributed by atoms with Gasteiger partial charge >= 0.3 is 12.1 Å². The molecule has 0 radical (unpaired) electrons. The highest BCUT2D eigenvalue weighted by atomic mass is 16.6. The number of aromatic nitrogens is 1. The fourth-order valence-corrected chi connectivity index (χ4v) is 3.39. The second-order valence-corrected chi connectivity index (χ2v) is 8.69. The first-order valence-corrected chi connectivity index (χ1v) is 10.5. The van der Waals surface area contributed by atoms with Crippen LogP contribution in [-0.4, -0.2) is 95.7 Å². The predicted molar refractivity (Wildman–Crippen MR) is 113 cm³/mol. The Morgan fingerprint density at radius 3 is 2.32 bits per heavy atom. The van der Waals surface area contributed by atoms with Crippen LogP contribution in [0.2, 0.25) is 0 Å². The maximum absolute atomic E-state index is 12.8. The molecular formula is C21H31N5O5. The number of hydrogen-bond acceptors (Lipinski definition) is 6. The highest BCUT2D eigenvalue weighted by Gasteiger charge is 2.36. The van der Waals surface area contributed by atoms with Crippen LogP contribution >= 0.6 is 0 Å². The number of carbonyl (C=O) groups is 3. The Kier molecular flexibility index (Phi) is 6.87. The topological polar surface area (TPSA) is 104 Å². The molecule has 2 saturated heterocycles. The maximum Gasteiger partial charge on any atom is 0.410 e. The number of rotatable bonds is 3. The lowest BCUT2D eigenvalue weighted by molar-refractivity contribution is 0.0240. The van der Waals surface area contributed by atoms with Gasteiger partial charge in [-0.3, -0.25) is 4.79 Å². The summed E-state index contributed by atoms with van der Waals surface area (Å²) in [6.45, 7) is 8.61. The van der Waals surface area contributed by atoms with Crippen LogP contribution in [0.1, 0.15) is 37.7 Å². The number of carbonyl (C=O) groups excluding carboxylic acids is 3. The number of nitrogens with zero attached hydrogens (tertiary/aromatic N) is 4. The van der Waals surface area contributed by atoms with Crippen molar-refractivity contribution in [3.05, 3.63) is 24.0 Å². The van der Waals surface area contributed by atoms with Gasteiger partial charge in [0.15, 0.2) is 0 Å². The average Bonchev–Trinajstić information content (AvgIpc) is 2.95. The lowest BCUT2D eigenvalue weighted by Gasteiger charge is -2.41. The van der Waals surface area contributed by atoms with E-state index in [1.165, 1.54) is 6.20 Å². The predicted octanol–water partition coefficient (Wildman–Crippen LogP) is 1.57. The molecule has 2 fully saturated rings. The van der Waals surface area contributed by atoms with E-state index < -0.39 is 5.60 Å². The van der Waals surface area contributed by atoms with Gasteiger partial charge in [-0.25, -0.2) is 14.6 Å². The minimum atomic E-state index is -0.538. The summed E-state index contributed by atoms with van der Waals surface area (Å²) in [6, 6.07) is 3.25. The number of amides is 4. The van der Waals surface area contributed by atoms with E-state index in [-0.39, 0.29) is 24.1 Å². The second-order valence-electron chi connectivity index (χ2n) is 8.69. The van der Waals surface area contributed by atoms with Crippen LogP contribution in [-0.2, 0) is 4.74 Å². The summed E-state index contributed by atoms with van der Waals surface area (Å²) < 4.78 is 11.3. The van der Waals surface area contributed by atoms with E-state index in [4.69, 9.17) is 9.47 Å². The van der Waals surface area contributed by atoms with E-state index in [1.54, 1.807) is 33.9 Å². The van der Waals surface area contributed by atoms with Gasteiger partial charge in [0, 0.05) is 33.2 Å². The normalized spacial score (nSPS) is 17.5. The molecule has 1 aromatic rings. The van der Waals surface area contributed by atoms with Crippen molar-refractivity contribution in [1.29, 1.82) is 0 Å². The monoisotopic (exact) mass is 433 g/mol. The van der Waals surface area contributed by atoms with Crippen molar-refractivity contribution in [1.82, 2.24) is 25.0 Å². The standard InChI is InChI=1S/C21H31N5O5/c1-21(2,3)31-20(29)25-9-5-8-24(10-11-25)19(28)26-13-16(14-26)30-15-6-7-17(23-12-15)18(27)22-4/h6-7,12,16H,5,8-11,13-14H2,1-4H3,(H,22,27). The van der Waals surface area contributed by atoms with Crippen LogP contribution in [0, 0.1) is 0 Å². The highest BCUT2D eigenvalue weighted by Crippen LogP contribution is 2.20. The molecule has 1 aromatic heterocycles. The van der Waals surface area contributed by atoms with E-state index in [0.29, 0.717) is 57.1 Å². The molecule has 2 aliphatic rings. The lowest BCUT2D eigenvalue weighted by atomic mass is 10.2. The molecule has 1 N–H and O–H groups in total. The molecule has 170 valence electrons. The molecule has 0 saturated carbocycles. The maximum atomic E-state index is 12.8. The molecule has 10 nitrogen and oxygen atoms in total. The van der Waals surface area contributed by atoms with Crippen LogP contribution in [0.25, 0.3) is 0 Å². The van der Waals surface area contributed by atoms with Crippen molar-refractivity contribution >= 4 is 18.0 Å². The summed E-state index contributed by atoms with van der Waals surface area (Å²) in [5.41, 5.74) is -0.217. The quantitative estimate of drug-likeness (QED) is 0.776. The van der Waals surface area contributed by atoms with Crippen molar-refractivity contribution in [2.75, 3.05) is 46.3 Å². The van der Waals surface area contributed by atoms with E-state index in [1.807, 2.05) is 20.8 Å². The van der Waals surface area contributed by atoms with Gasteiger partial charge in [-0.1, -0.05) is 0 Å². The molecule has 31 heavy (non-hydrogen) atoms. The molecule has 0 aromatic carbocycles. The Hall–Kier alpha value is -3.04. The summed E-state index contributed by atoms with van der Waals surface area (Å²) in [5, 5.41) is 2.52. The number of urea groups is 1. The summed E-state index contributed by atoms with van der Waals surface area (Å²) in [5.74, 6) is 0.308. The summed E-state index contributed by atoms with van der Waals surface area (Å²) in [6.07, 6.45) is 1.77. The van der Waals surface area contributed by atoms with Crippen molar-refractivity contribution < 1.29 is 23.9 Å². The van der Waals surface area contributed by atoms with E-state index >= 15 is 0 Å². The Bertz CT molecular complexity index is 801. The van der Waals surface area contributed by atoms with Crippen LogP contribution < -0.4 is 10.1 Å². The minimum Gasteiger partial charge on any atom is -0.485 e. The molecule has 0 aliphatic carbocycles. The van der Waals surface area contributed by atoms with Crippen LogP contribution in [0.4, 0.5) is 9.59 Å². The first-order chi connectivity index (χ1) is 14.7. The third kappa shape index (κ3) is 5.99. The van der Waals surface area contributed by atoms with Gasteiger partial charge in [-0.05, 0) is 39.3 Å².